The standard InChI is InChI=1S/C21H29Cl/c1-2-3-16-4-6-17(7-5-16)18-8-10-19(11-9-18)20-12-14-21(22)15-13-20/h10,12-18H,2-9,11H2,1H3/t16-,17-,18?. The van der Waals surface area contributed by atoms with Crippen LogP contribution < -0.4 is 0 Å². The molecule has 0 radical (unpaired) electrons. The molecule has 1 aromatic carbocycles. The molecule has 3 rings (SSSR count). The summed E-state index contributed by atoms with van der Waals surface area (Å²) in [4.78, 5) is 0. The van der Waals surface area contributed by atoms with E-state index in [0.717, 1.165) is 22.8 Å². The third-order valence-electron chi connectivity index (χ3n) is 5.92. The Hall–Kier alpha value is -0.750. The summed E-state index contributed by atoms with van der Waals surface area (Å²) in [5.74, 6) is 2.97. The lowest BCUT2D eigenvalue weighted by Gasteiger charge is -2.35. The van der Waals surface area contributed by atoms with E-state index in [1.165, 1.54) is 68.9 Å². The van der Waals surface area contributed by atoms with Gasteiger partial charge in [0.15, 0.2) is 0 Å². The molecule has 1 aromatic rings. The zero-order valence-electron chi connectivity index (χ0n) is 13.9. The van der Waals surface area contributed by atoms with E-state index in [2.05, 4.69) is 25.1 Å². The lowest BCUT2D eigenvalue weighted by molar-refractivity contribution is 0.189. The van der Waals surface area contributed by atoms with E-state index in [9.17, 15) is 0 Å². The van der Waals surface area contributed by atoms with Gasteiger partial charge in [-0.1, -0.05) is 62.4 Å². The Bertz CT molecular complexity index is 491. The van der Waals surface area contributed by atoms with Gasteiger partial charge in [0.2, 0.25) is 0 Å². The van der Waals surface area contributed by atoms with Gasteiger partial charge in [0.05, 0.1) is 0 Å². The predicted octanol–water partition coefficient (Wildman–Crippen LogP) is 7.13. The van der Waals surface area contributed by atoms with Crippen molar-refractivity contribution in [1.82, 2.24) is 0 Å². The Labute approximate surface area is 141 Å². The van der Waals surface area contributed by atoms with Crippen molar-refractivity contribution in [3.05, 3.63) is 40.9 Å². The molecule has 2 aliphatic rings. The first-order valence-corrected chi connectivity index (χ1v) is 9.59. The molecule has 0 spiro atoms. The highest BCUT2D eigenvalue weighted by molar-refractivity contribution is 6.30. The zero-order chi connectivity index (χ0) is 15.4. The van der Waals surface area contributed by atoms with Gasteiger partial charge in [0.1, 0.15) is 0 Å². The first-order chi connectivity index (χ1) is 10.8. The minimum atomic E-state index is 0.835. The van der Waals surface area contributed by atoms with E-state index >= 15 is 0 Å². The lowest BCUT2D eigenvalue weighted by Crippen LogP contribution is -2.23. The fourth-order valence-corrected chi connectivity index (χ4v) is 4.69. The molecule has 1 unspecified atom stereocenters. The highest BCUT2D eigenvalue weighted by Crippen LogP contribution is 2.42. The van der Waals surface area contributed by atoms with Gasteiger partial charge in [0.25, 0.3) is 0 Å². The fourth-order valence-electron chi connectivity index (χ4n) is 4.57. The van der Waals surface area contributed by atoms with Gasteiger partial charge in [-0.3, -0.25) is 0 Å². The maximum atomic E-state index is 5.99. The molecule has 0 aromatic heterocycles. The number of allylic oxidation sites excluding steroid dienone is 2. The summed E-state index contributed by atoms with van der Waals surface area (Å²) in [5, 5.41) is 0.835. The molecule has 1 fully saturated rings. The van der Waals surface area contributed by atoms with E-state index in [0.29, 0.717) is 0 Å². The summed E-state index contributed by atoms with van der Waals surface area (Å²) in [6.07, 6.45) is 15.2. The van der Waals surface area contributed by atoms with E-state index in [1.807, 2.05) is 12.1 Å². The maximum Gasteiger partial charge on any atom is 0.0406 e. The summed E-state index contributed by atoms with van der Waals surface area (Å²) in [7, 11) is 0. The topological polar surface area (TPSA) is 0 Å². The molecule has 0 aliphatic heterocycles. The molecule has 0 saturated heterocycles. The molecule has 120 valence electrons. The Morgan fingerprint density at radius 1 is 0.955 bits per heavy atom. The predicted molar refractivity (Wildman–Crippen MR) is 97.1 cm³/mol. The lowest BCUT2D eigenvalue weighted by atomic mass is 9.70. The van der Waals surface area contributed by atoms with Crippen molar-refractivity contribution >= 4 is 17.2 Å². The summed E-state index contributed by atoms with van der Waals surface area (Å²) in [5.41, 5.74) is 2.90. The average molecular weight is 317 g/mol. The summed E-state index contributed by atoms with van der Waals surface area (Å²) in [6.45, 7) is 2.33. The third-order valence-corrected chi connectivity index (χ3v) is 6.17. The van der Waals surface area contributed by atoms with Crippen molar-refractivity contribution in [2.24, 2.45) is 17.8 Å². The van der Waals surface area contributed by atoms with Gasteiger partial charge in [-0.05, 0) is 73.1 Å². The van der Waals surface area contributed by atoms with Crippen molar-refractivity contribution in [3.63, 3.8) is 0 Å². The van der Waals surface area contributed by atoms with Gasteiger partial charge >= 0.3 is 0 Å². The Morgan fingerprint density at radius 3 is 2.27 bits per heavy atom. The van der Waals surface area contributed by atoms with Crippen LogP contribution in [0.2, 0.25) is 5.02 Å². The second-order valence-electron chi connectivity index (χ2n) is 7.34. The first-order valence-electron chi connectivity index (χ1n) is 9.21. The van der Waals surface area contributed by atoms with Crippen LogP contribution in [-0.4, -0.2) is 0 Å². The third kappa shape index (κ3) is 3.96. The van der Waals surface area contributed by atoms with Crippen LogP contribution in [0.1, 0.15) is 70.3 Å². The number of benzene rings is 1. The van der Waals surface area contributed by atoms with Crippen molar-refractivity contribution in [2.75, 3.05) is 0 Å². The monoisotopic (exact) mass is 316 g/mol. The Balaban J connectivity index is 1.54. The maximum absolute atomic E-state index is 5.99. The van der Waals surface area contributed by atoms with Crippen molar-refractivity contribution < 1.29 is 0 Å². The molecule has 0 amide bonds. The molecule has 1 saturated carbocycles. The SMILES string of the molecule is CCC[C@H]1CC[C@H](C2CC=C(c3ccc(Cl)cc3)CC2)CC1. The molecule has 0 heterocycles. The smallest absolute Gasteiger partial charge is 0.0406 e. The largest absolute Gasteiger partial charge is 0.0843 e. The number of hydrogen-bond donors (Lipinski definition) is 0. The molecular formula is C21H29Cl. The summed E-state index contributed by atoms with van der Waals surface area (Å²) < 4.78 is 0. The van der Waals surface area contributed by atoms with Crippen molar-refractivity contribution in [2.45, 2.75) is 64.7 Å². The molecule has 1 atom stereocenters. The zero-order valence-corrected chi connectivity index (χ0v) is 14.6. The highest BCUT2D eigenvalue weighted by Gasteiger charge is 2.28. The van der Waals surface area contributed by atoms with E-state index in [4.69, 9.17) is 11.6 Å². The van der Waals surface area contributed by atoms with Crippen LogP contribution in [-0.2, 0) is 0 Å². The summed E-state index contributed by atoms with van der Waals surface area (Å²) >= 11 is 5.99. The van der Waals surface area contributed by atoms with Crippen LogP contribution in [0.25, 0.3) is 5.57 Å². The molecule has 1 heteroatoms. The van der Waals surface area contributed by atoms with Crippen LogP contribution in [0, 0.1) is 17.8 Å². The second-order valence-corrected chi connectivity index (χ2v) is 7.78. The highest BCUT2D eigenvalue weighted by atomic mass is 35.5. The average Bonchev–Trinajstić information content (AvgIpc) is 2.57. The molecule has 0 bridgehead atoms. The van der Waals surface area contributed by atoms with Gasteiger partial charge in [-0.15, -0.1) is 0 Å². The van der Waals surface area contributed by atoms with Crippen LogP contribution in [0.3, 0.4) is 0 Å². The fraction of sp³-hybridized carbons (Fsp3) is 0.619. The van der Waals surface area contributed by atoms with Gasteiger partial charge in [-0.2, -0.15) is 0 Å². The minimum absolute atomic E-state index is 0.835. The first kappa shape index (κ1) is 16.1. The number of hydrogen-bond acceptors (Lipinski definition) is 0. The van der Waals surface area contributed by atoms with E-state index in [1.54, 1.807) is 0 Å². The van der Waals surface area contributed by atoms with E-state index < -0.39 is 0 Å². The quantitative estimate of drug-likeness (QED) is 0.554. The molecular weight excluding hydrogens is 288 g/mol. The molecule has 0 nitrogen and oxygen atoms in total. The second kappa shape index (κ2) is 7.68. The number of rotatable bonds is 4. The van der Waals surface area contributed by atoms with Gasteiger partial charge in [-0.25, -0.2) is 0 Å². The van der Waals surface area contributed by atoms with Gasteiger partial charge in [0, 0.05) is 5.02 Å². The van der Waals surface area contributed by atoms with Crippen molar-refractivity contribution in [1.29, 1.82) is 0 Å². The Kier molecular flexibility index (Phi) is 5.63. The molecule has 0 N–H and O–H groups in total. The van der Waals surface area contributed by atoms with Crippen LogP contribution >= 0.6 is 11.6 Å². The Morgan fingerprint density at radius 2 is 1.68 bits per heavy atom. The molecule has 2 aliphatic carbocycles. The normalized spacial score (nSPS) is 29.2. The molecule has 22 heavy (non-hydrogen) atoms. The minimum Gasteiger partial charge on any atom is -0.0843 e. The van der Waals surface area contributed by atoms with Crippen LogP contribution in [0.15, 0.2) is 30.3 Å². The van der Waals surface area contributed by atoms with Crippen LogP contribution in [0.5, 0.6) is 0 Å². The van der Waals surface area contributed by atoms with Crippen molar-refractivity contribution in [3.8, 4) is 0 Å². The van der Waals surface area contributed by atoms with Crippen LogP contribution in [0.4, 0.5) is 0 Å². The van der Waals surface area contributed by atoms with Gasteiger partial charge < -0.3 is 0 Å². The summed E-state index contributed by atoms with van der Waals surface area (Å²) in [6, 6.07) is 8.37. The number of halogens is 1. The van der Waals surface area contributed by atoms with E-state index in [-0.39, 0.29) is 0 Å².